The molecule has 0 amide bonds. The average Bonchev–Trinajstić information content (AvgIpc) is 3.28. The summed E-state index contributed by atoms with van der Waals surface area (Å²) in [5.41, 5.74) is 1.53. The van der Waals surface area contributed by atoms with Gasteiger partial charge in [0.1, 0.15) is 22.1 Å². The number of hydrogen-bond donors (Lipinski definition) is 0. The van der Waals surface area contributed by atoms with E-state index < -0.39 is 0 Å². The molecule has 2 aromatic heterocycles. The molecule has 170 valence electrons. The number of halogens is 2. The topological polar surface area (TPSA) is 76.5 Å². The molecular weight excluding hydrogens is 489 g/mol. The quantitative estimate of drug-likeness (QED) is 0.418. The minimum Gasteiger partial charge on any atom is -0.310 e. The molecule has 2 aromatic carbocycles. The summed E-state index contributed by atoms with van der Waals surface area (Å²) in [6, 6.07) is 16.8. The molecule has 0 bridgehead atoms. The Morgan fingerprint density at radius 3 is 2.65 bits per heavy atom. The Morgan fingerprint density at radius 1 is 1.06 bits per heavy atom. The third-order valence-corrected chi connectivity index (χ3v) is 7.57. The maximum absolute atomic E-state index is 13.6. The van der Waals surface area contributed by atoms with Crippen LogP contribution in [-0.2, 0) is 13.0 Å². The molecule has 9 heteroatoms. The molecule has 0 atom stereocenters. The second-order valence-electron chi connectivity index (χ2n) is 7.95. The number of nitriles is 1. The highest BCUT2D eigenvalue weighted by atomic mass is 35.5. The number of hydrogen-bond acceptors (Lipinski definition) is 5. The molecule has 4 aromatic rings. The van der Waals surface area contributed by atoms with E-state index in [2.05, 4.69) is 16.3 Å². The lowest BCUT2D eigenvalue weighted by Crippen LogP contribution is -2.31. The van der Waals surface area contributed by atoms with Gasteiger partial charge in [0.05, 0.1) is 20.3 Å². The minimum atomic E-state index is -0.222. The molecule has 34 heavy (non-hydrogen) atoms. The van der Waals surface area contributed by atoms with Crippen LogP contribution in [0.25, 0.3) is 17.3 Å². The van der Waals surface area contributed by atoms with E-state index in [4.69, 9.17) is 23.2 Å². The third-order valence-electron chi connectivity index (χ3n) is 5.74. The molecule has 0 aliphatic carbocycles. The van der Waals surface area contributed by atoms with Crippen LogP contribution in [0.2, 0.25) is 10.0 Å². The Balaban J connectivity index is 1.82. The van der Waals surface area contributed by atoms with Crippen molar-refractivity contribution in [3.63, 3.8) is 0 Å². The highest BCUT2D eigenvalue weighted by Gasteiger charge is 2.21. The maximum atomic E-state index is 13.6. The van der Waals surface area contributed by atoms with Crippen LogP contribution in [0.1, 0.15) is 36.5 Å². The Morgan fingerprint density at radius 2 is 1.88 bits per heavy atom. The number of aromatic nitrogens is 4. The molecule has 0 saturated heterocycles. The van der Waals surface area contributed by atoms with E-state index >= 15 is 0 Å². The van der Waals surface area contributed by atoms with Gasteiger partial charge in [0.2, 0.25) is 0 Å². The van der Waals surface area contributed by atoms with E-state index in [1.54, 1.807) is 28.8 Å². The van der Waals surface area contributed by atoms with Crippen LogP contribution >= 0.6 is 34.5 Å². The van der Waals surface area contributed by atoms with Crippen LogP contribution < -0.4 is 14.8 Å². The Hall–Kier alpha value is -3.18. The standard InChI is InChI=1S/C25H19Cl2N5OS/c26-19-11-10-16(13-20(19)27)14-21-24(33)32(17-7-3-1-4-8-17)25(34-21)18(15-28)23-30-29-22-9-5-2-6-12-31(22)23/h1,3-4,7-8,10-11,13-14H,2,5-6,9,12H2/b21-14+,25-18+. The van der Waals surface area contributed by atoms with Crippen molar-refractivity contribution in [3.05, 3.63) is 95.3 Å². The van der Waals surface area contributed by atoms with Gasteiger partial charge in [0, 0.05) is 13.0 Å². The molecular formula is C25H19Cl2N5OS. The Labute approximate surface area is 209 Å². The van der Waals surface area contributed by atoms with Gasteiger partial charge in [-0.15, -0.1) is 21.5 Å². The summed E-state index contributed by atoms with van der Waals surface area (Å²) < 4.78 is 4.59. The van der Waals surface area contributed by atoms with Crippen molar-refractivity contribution in [3.8, 4) is 11.8 Å². The summed E-state index contributed by atoms with van der Waals surface area (Å²) in [5.74, 6) is 1.39. The highest BCUT2D eigenvalue weighted by Crippen LogP contribution is 2.23. The summed E-state index contributed by atoms with van der Waals surface area (Å²) in [4.78, 5) is 13.6. The Bertz CT molecular complexity index is 1590. The molecule has 1 aliphatic rings. The fraction of sp³-hybridized carbons (Fsp3) is 0.200. The summed E-state index contributed by atoms with van der Waals surface area (Å²) >= 11 is 13.5. The number of rotatable bonds is 3. The van der Waals surface area contributed by atoms with Crippen LogP contribution in [0.5, 0.6) is 0 Å². The van der Waals surface area contributed by atoms with E-state index in [1.165, 1.54) is 11.3 Å². The Kier molecular flexibility index (Phi) is 6.38. The van der Waals surface area contributed by atoms with Crippen LogP contribution in [0.3, 0.4) is 0 Å². The van der Waals surface area contributed by atoms with Gasteiger partial charge in [-0.2, -0.15) is 5.26 Å². The van der Waals surface area contributed by atoms with Crippen molar-refractivity contribution in [1.82, 2.24) is 19.3 Å². The van der Waals surface area contributed by atoms with E-state index in [1.807, 2.05) is 34.9 Å². The number of aryl methyl sites for hydroxylation is 1. The maximum Gasteiger partial charge on any atom is 0.273 e. The average molecular weight is 508 g/mol. The first kappa shape index (κ1) is 22.6. The number of para-hydroxylation sites is 1. The van der Waals surface area contributed by atoms with Crippen molar-refractivity contribution in [2.24, 2.45) is 0 Å². The minimum absolute atomic E-state index is 0.222. The first-order valence-corrected chi connectivity index (χ1v) is 12.4. The second kappa shape index (κ2) is 9.59. The van der Waals surface area contributed by atoms with Gasteiger partial charge in [-0.05, 0) is 48.7 Å². The van der Waals surface area contributed by atoms with Crippen molar-refractivity contribution >= 4 is 46.2 Å². The van der Waals surface area contributed by atoms with Crippen molar-refractivity contribution in [2.45, 2.75) is 32.2 Å². The molecule has 0 spiro atoms. The highest BCUT2D eigenvalue weighted by molar-refractivity contribution is 7.07. The smallest absolute Gasteiger partial charge is 0.273 e. The van der Waals surface area contributed by atoms with Crippen molar-refractivity contribution < 1.29 is 0 Å². The number of thiazole rings is 1. The molecule has 5 rings (SSSR count). The van der Waals surface area contributed by atoms with E-state index in [0.29, 0.717) is 36.3 Å². The molecule has 0 N–H and O–H groups in total. The molecule has 0 unspecified atom stereocenters. The van der Waals surface area contributed by atoms with Gasteiger partial charge in [0.15, 0.2) is 5.82 Å². The van der Waals surface area contributed by atoms with Gasteiger partial charge in [-0.25, -0.2) is 0 Å². The van der Waals surface area contributed by atoms with Crippen molar-refractivity contribution in [1.29, 1.82) is 5.26 Å². The van der Waals surface area contributed by atoms with Crippen LogP contribution in [0.4, 0.5) is 0 Å². The number of nitrogens with zero attached hydrogens (tertiary/aromatic N) is 5. The lowest BCUT2D eigenvalue weighted by Gasteiger charge is -2.07. The summed E-state index contributed by atoms with van der Waals surface area (Å²) in [6.07, 6.45) is 5.76. The van der Waals surface area contributed by atoms with Gasteiger partial charge in [0.25, 0.3) is 5.56 Å². The zero-order chi connectivity index (χ0) is 23.7. The van der Waals surface area contributed by atoms with Gasteiger partial charge >= 0.3 is 0 Å². The number of fused-ring (bicyclic) bond motifs is 1. The third kappa shape index (κ3) is 4.21. The van der Waals surface area contributed by atoms with Gasteiger partial charge in [-0.1, -0.05) is 53.9 Å². The predicted molar refractivity (Wildman–Crippen MR) is 135 cm³/mol. The molecule has 3 heterocycles. The van der Waals surface area contributed by atoms with Crippen molar-refractivity contribution in [2.75, 3.05) is 0 Å². The first-order valence-electron chi connectivity index (χ1n) is 10.9. The van der Waals surface area contributed by atoms with Gasteiger partial charge in [-0.3, -0.25) is 9.36 Å². The largest absolute Gasteiger partial charge is 0.310 e. The number of benzene rings is 2. The summed E-state index contributed by atoms with van der Waals surface area (Å²) in [6.45, 7) is 0.756. The van der Waals surface area contributed by atoms with Crippen LogP contribution in [0, 0.1) is 11.3 Å². The first-order chi connectivity index (χ1) is 16.6. The molecule has 6 nitrogen and oxygen atoms in total. The fourth-order valence-electron chi connectivity index (χ4n) is 4.08. The van der Waals surface area contributed by atoms with Gasteiger partial charge < -0.3 is 4.57 Å². The van der Waals surface area contributed by atoms with E-state index in [-0.39, 0.29) is 5.56 Å². The van der Waals surface area contributed by atoms with Crippen LogP contribution in [-0.4, -0.2) is 19.3 Å². The zero-order valence-electron chi connectivity index (χ0n) is 18.0. The fourth-order valence-corrected chi connectivity index (χ4v) is 5.49. The normalized spacial score (nSPS) is 14.9. The zero-order valence-corrected chi connectivity index (χ0v) is 20.4. The monoisotopic (exact) mass is 507 g/mol. The molecule has 0 saturated carbocycles. The molecule has 1 aliphatic heterocycles. The van der Waals surface area contributed by atoms with Crippen LogP contribution in [0.15, 0.2) is 53.3 Å². The molecule has 0 radical (unpaired) electrons. The lowest BCUT2D eigenvalue weighted by molar-refractivity contribution is 0.627. The molecule has 0 fully saturated rings. The summed E-state index contributed by atoms with van der Waals surface area (Å²) in [7, 11) is 0. The van der Waals surface area contributed by atoms with E-state index in [0.717, 1.165) is 43.6 Å². The van der Waals surface area contributed by atoms with E-state index in [9.17, 15) is 10.1 Å². The second-order valence-corrected chi connectivity index (χ2v) is 9.80. The predicted octanol–water partition coefficient (Wildman–Crippen LogP) is 4.08. The lowest BCUT2D eigenvalue weighted by atomic mass is 10.2. The SMILES string of the molecule is N#C/C(c1nnc2n1CCCCC2)=c1\s/c(=C/c2ccc(Cl)c(Cl)c2)c(=O)n1-c1ccccc1. The summed E-state index contributed by atoms with van der Waals surface area (Å²) in [5, 5.41) is 19.8.